The van der Waals surface area contributed by atoms with Crippen molar-refractivity contribution in [2.24, 2.45) is 5.92 Å². The van der Waals surface area contributed by atoms with E-state index in [1.54, 1.807) is 0 Å². The quantitative estimate of drug-likeness (QED) is 0.719. The van der Waals surface area contributed by atoms with Crippen LogP contribution in [-0.2, 0) is 0 Å². The molecule has 0 unspecified atom stereocenters. The molecule has 0 radical (unpaired) electrons. The Morgan fingerprint density at radius 3 is 2.72 bits per heavy atom. The Morgan fingerprint density at radius 2 is 1.94 bits per heavy atom. The van der Waals surface area contributed by atoms with E-state index >= 15 is 0 Å². The summed E-state index contributed by atoms with van der Waals surface area (Å²) in [5.74, 6) is 2.00. The summed E-state index contributed by atoms with van der Waals surface area (Å²) in [7, 11) is 0. The van der Waals surface area contributed by atoms with E-state index in [0.29, 0.717) is 0 Å². The minimum Gasteiger partial charge on any atom is -0.357 e. The molecule has 1 fully saturated rings. The van der Waals surface area contributed by atoms with Crippen LogP contribution < -0.4 is 4.90 Å². The van der Waals surface area contributed by atoms with Crippen LogP contribution in [0.3, 0.4) is 0 Å². The van der Waals surface area contributed by atoms with E-state index in [-0.39, 0.29) is 0 Å². The van der Waals surface area contributed by atoms with Gasteiger partial charge in [0.05, 0.1) is 5.52 Å². The van der Waals surface area contributed by atoms with Gasteiger partial charge in [-0.25, -0.2) is 4.98 Å². The second-order valence-electron chi connectivity index (χ2n) is 5.18. The van der Waals surface area contributed by atoms with E-state index in [0.717, 1.165) is 30.3 Å². The summed E-state index contributed by atoms with van der Waals surface area (Å²) in [6, 6.07) is 10.8. The van der Waals surface area contributed by atoms with Gasteiger partial charge >= 0.3 is 0 Å². The van der Waals surface area contributed by atoms with Gasteiger partial charge in [0.15, 0.2) is 0 Å². The number of aromatic nitrogens is 1. The smallest absolute Gasteiger partial charge is 0.129 e. The first-order chi connectivity index (χ1) is 8.72. The molecule has 3 heteroatoms. The van der Waals surface area contributed by atoms with Crippen molar-refractivity contribution in [3.05, 3.63) is 33.9 Å². The molecule has 94 valence electrons. The number of benzene rings is 1. The number of hydrogen-bond acceptors (Lipinski definition) is 2. The first kappa shape index (κ1) is 12.2. The lowest BCUT2D eigenvalue weighted by Gasteiger charge is -2.31. The molecule has 1 aromatic heterocycles. The third-order valence-corrected chi connectivity index (χ3v) is 4.42. The normalized spacial score (nSPS) is 17.3. The van der Waals surface area contributed by atoms with Crippen LogP contribution in [0.5, 0.6) is 0 Å². The maximum Gasteiger partial charge on any atom is 0.129 e. The highest BCUT2D eigenvalue weighted by molar-refractivity contribution is 14.1. The van der Waals surface area contributed by atoms with Crippen molar-refractivity contribution in [1.29, 1.82) is 0 Å². The van der Waals surface area contributed by atoms with Gasteiger partial charge in [0.25, 0.3) is 0 Å². The molecule has 0 amide bonds. The average Bonchev–Trinajstić information content (AvgIpc) is 2.39. The van der Waals surface area contributed by atoms with Gasteiger partial charge < -0.3 is 4.90 Å². The monoisotopic (exact) mass is 352 g/mol. The molecule has 0 saturated carbocycles. The Labute approximate surface area is 122 Å². The molecule has 0 atom stereocenters. The number of halogens is 1. The third kappa shape index (κ3) is 2.46. The zero-order valence-corrected chi connectivity index (χ0v) is 12.7. The molecule has 0 N–H and O–H groups in total. The summed E-state index contributed by atoms with van der Waals surface area (Å²) in [5, 5.41) is 1.23. The van der Waals surface area contributed by atoms with Gasteiger partial charge in [0.2, 0.25) is 0 Å². The maximum atomic E-state index is 4.79. The third-order valence-electron chi connectivity index (χ3n) is 3.74. The van der Waals surface area contributed by atoms with E-state index < -0.39 is 0 Å². The zero-order chi connectivity index (χ0) is 12.5. The van der Waals surface area contributed by atoms with Gasteiger partial charge in [0, 0.05) is 22.0 Å². The van der Waals surface area contributed by atoms with Crippen LogP contribution in [0.4, 0.5) is 5.82 Å². The van der Waals surface area contributed by atoms with E-state index in [2.05, 4.69) is 64.7 Å². The highest BCUT2D eigenvalue weighted by Gasteiger charge is 2.16. The Hall–Kier alpha value is -0.840. The summed E-state index contributed by atoms with van der Waals surface area (Å²) in [6.07, 6.45) is 2.57. The lowest BCUT2D eigenvalue weighted by atomic mass is 9.99. The summed E-state index contributed by atoms with van der Waals surface area (Å²) >= 11 is 2.34. The molecule has 1 aromatic carbocycles. The Kier molecular flexibility index (Phi) is 3.41. The molecule has 1 saturated heterocycles. The highest BCUT2D eigenvalue weighted by atomic mass is 127. The number of hydrogen-bond donors (Lipinski definition) is 0. The Balaban J connectivity index is 1.91. The second-order valence-corrected chi connectivity index (χ2v) is 6.42. The maximum absolute atomic E-state index is 4.79. The summed E-state index contributed by atoms with van der Waals surface area (Å²) in [6.45, 7) is 4.63. The van der Waals surface area contributed by atoms with Crippen molar-refractivity contribution in [2.45, 2.75) is 19.8 Å². The summed E-state index contributed by atoms with van der Waals surface area (Å²) in [5.41, 5.74) is 1.10. The van der Waals surface area contributed by atoms with Crippen molar-refractivity contribution in [3.8, 4) is 0 Å². The molecule has 1 aliphatic rings. The largest absolute Gasteiger partial charge is 0.357 e. The second kappa shape index (κ2) is 5.03. The van der Waals surface area contributed by atoms with Gasteiger partial charge in [-0.1, -0.05) is 6.92 Å². The number of anilines is 1. The lowest BCUT2D eigenvalue weighted by molar-refractivity contribution is 0.437. The van der Waals surface area contributed by atoms with E-state index in [1.807, 2.05) is 0 Å². The van der Waals surface area contributed by atoms with Gasteiger partial charge in [0.1, 0.15) is 5.82 Å². The van der Waals surface area contributed by atoms with Gasteiger partial charge in [-0.2, -0.15) is 0 Å². The predicted molar refractivity (Wildman–Crippen MR) is 85.1 cm³/mol. The Bertz CT molecular complexity index is 559. The molecule has 0 spiro atoms. The van der Waals surface area contributed by atoms with Crippen LogP contribution in [0.1, 0.15) is 19.8 Å². The first-order valence-corrected chi connectivity index (χ1v) is 7.61. The van der Waals surface area contributed by atoms with Crippen molar-refractivity contribution in [3.63, 3.8) is 0 Å². The van der Waals surface area contributed by atoms with E-state index in [4.69, 9.17) is 4.98 Å². The molecule has 1 aliphatic heterocycles. The number of piperidine rings is 1. The number of nitrogens with zero attached hydrogens (tertiary/aromatic N) is 2. The van der Waals surface area contributed by atoms with E-state index in [1.165, 1.54) is 21.8 Å². The predicted octanol–water partition coefficient (Wildman–Crippen LogP) is 4.08. The van der Waals surface area contributed by atoms with Crippen LogP contribution >= 0.6 is 22.6 Å². The molecular formula is C15H17IN2. The number of pyridine rings is 1. The molecule has 18 heavy (non-hydrogen) atoms. The van der Waals surface area contributed by atoms with Crippen LogP contribution in [0, 0.1) is 9.49 Å². The van der Waals surface area contributed by atoms with Crippen molar-refractivity contribution < 1.29 is 0 Å². The minimum atomic E-state index is 0.864. The van der Waals surface area contributed by atoms with Gasteiger partial charge in [-0.3, -0.25) is 0 Å². The molecule has 2 heterocycles. The fourth-order valence-electron chi connectivity index (χ4n) is 2.50. The average molecular weight is 352 g/mol. The molecular weight excluding hydrogens is 335 g/mol. The van der Waals surface area contributed by atoms with Crippen molar-refractivity contribution >= 4 is 39.3 Å². The lowest BCUT2D eigenvalue weighted by Crippen LogP contribution is -2.33. The minimum absolute atomic E-state index is 0.864. The zero-order valence-electron chi connectivity index (χ0n) is 10.6. The van der Waals surface area contributed by atoms with Gasteiger partial charge in [-0.15, -0.1) is 0 Å². The fourth-order valence-corrected chi connectivity index (χ4v) is 3.01. The standard InChI is InChI=1S/C15H17IN2/c1-11-6-8-18(9-7-11)15-5-2-12-10-13(16)3-4-14(12)17-15/h2-5,10-11H,6-9H2,1H3. The SMILES string of the molecule is CC1CCN(c2ccc3cc(I)ccc3n2)CC1. The van der Waals surface area contributed by atoms with Crippen LogP contribution in [-0.4, -0.2) is 18.1 Å². The topological polar surface area (TPSA) is 16.1 Å². The molecule has 2 aromatic rings. The van der Waals surface area contributed by atoms with E-state index in [9.17, 15) is 0 Å². The van der Waals surface area contributed by atoms with Gasteiger partial charge in [-0.05, 0) is 71.7 Å². The molecule has 3 rings (SSSR count). The van der Waals surface area contributed by atoms with Crippen LogP contribution in [0.15, 0.2) is 30.3 Å². The number of fused-ring (bicyclic) bond motifs is 1. The summed E-state index contributed by atoms with van der Waals surface area (Å²) in [4.78, 5) is 7.20. The fraction of sp³-hybridized carbons (Fsp3) is 0.400. The summed E-state index contributed by atoms with van der Waals surface area (Å²) < 4.78 is 1.27. The highest BCUT2D eigenvalue weighted by Crippen LogP contribution is 2.24. The first-order valence-electron chi connectivity index (χ1n) is 6.53. The van der Waals surface area contributed by atoms with Crippen LogP contribution in [0.25, 0.3) is 10.9 Å². The molecule has 0 aliphatic carbocycles. The van der Waals surface area contributed by atoms with Crippen LogP contribution in [0.2, 0.25) is 0 Å². The molecule has 2 nitrogen and oxygen atoms in total. The van der Waals surface area contributed by atoms with Crippen molar-refractivity contribution in [2.75, 3.05) is 18.0 Å². The Morgan fingerprint density at radius 1 is 1.17 bits per heavy atom. The molecule has 0 bridgehead atoms. The number of rotatable bonds is 1. The van der Waals surface area contributed by atoms with Crippen molar-refractivity contribution in [1.82, 2.24) is 4.98 Å².